The van der Waals surface area contributed by atoms with E-state index in [2.05, 4.69) is 10.5 Å². The standard InChI is InChI=1S/C16H12F2N2O2/c1-9-2-3-10(6-13(9)17)12-5-4-11(7-14(12)18)15-8-22-16(21)20-19-15/h2-7H,8H2,1H3,(H,20,21). The molecule has 2 aromatic rings. The lowest BCUT2D eigenvalue weighted by Crippen LogP contribution is -2.30. The largest absolute Gasteiger partial charge is 0.442 e. The third-order valence-electron chi connectivity index (χ3n) is 3.41. The van der Waals surface area contributed by atoms with Gasteiger partial charge in [0.15, 0.2) is 0 Å². The number of cyclic esters (lactones) is 1. The number of amides is 1. The molecule has 0 spiro atoms. The molecule has 0 radical (unpaired) electrons. The van der Waals surface area contributed by atoms with E-state index < -0.39 is 11.9 Å². The van der Waals surface area contributed by atoms with Gasteiger partial charge in [-0.15, -0.1) is 0 Å². The highest BCUT2D eigenvalue weighted by Gasteiger charge is 2.16. The Labute approximate surface area is 125 Å². The van der Waals surface area contributed by atoms with Crippen LogP contribution in [0.2, 0.25) is 0 Å². The summed E-state index contributed by atoms with van der Waals surface area (Å²) in [6.07, 6.45) is -0.643. The molecule has 0 aromatic heterocycles. The van der Waals surface area contributed by atoms with Gasteiger partial charge in [-0.2, -0.15) is 5.10 Å². The topological polar surface area (TPSA) is 50.7 Å². The maximum atomic E-state index is 14.3. The van der Waals surface area contributed by atoms with Gasteiger partial charge in [0.1, 0.15) is 24.0 Å². The molecule has 1 N–H and O–H groups in total. The summed E-state index contributed by atoms with van der Waals surface area (Å²) in [4.78, 5) is 10.9. The molecule has 1 aliphatic heterocycles. The lowest BCUT2D eigenvalue weighted by Gasteiger charge is -2.14. The van der Waals surface area contributed by atoms with E-state index in [1.54, 1.807) is 31.2 Å². The summed E-state index contributed by atoms with van der Waals surface area (Å²) in [5, 5.41) is 3.82. The summed E-state index contributed by atoms with van der Waals surface area (Å²) in [7, 11) is 0. The molecular weight excluding hydrogens is 290 g/mol. The van der Waals surface area contributed by atoms with Crippen LogP contribution in [-0.2, 0) is 4.74 Å². The van der Waals surface area contributed by atoms with E-state index in [0.717, 1.165) is 0 Å². The van der Waals surface area contributed by atoms with Crippen LogP contribution in [0.4, 0.5) is 13.6 Å². The first kappa shape index (κ1) is 14.2. The lowest BCUT2D eigenvalue weighted by molar-refractivity contribution is 0.157. The number of halogens is 2. The number of nitrogens with one attached hydrogen (secondary N) is 1. The van der Waals surface area contributed by atoms with Crippen molar-refractivity contribution < 1.29 is 18.3 Å². The quantitative estimate of drug-likeness (QED) is 0.924. The number of rotatable bonds is 2. The van der Waals surface area contributed by atoms with Crippen molar-refractivity contribution in [3.63, 3.8) is 0 Å². The second-order valence-corrected chi connectivity index (χ2v) is 4.91. The van der Waals surface area contributed by atoms with Crippen molar-refractivity contribution in [3.05, 3.63) is 59.2 Å². The summed E-state index contributed by atoms with van der Waals surface area (Å²) in [6.45, 7) is 1.62. The fourth-order valence-corrected chi connectivity index (χ4v) is 2.15. The Bertz CT molecular complexity index is 788. The molecule has 0 fully saturated rings. The molecule has 22 heavy (non-hydrogen) atoms. The molecule has 0 atom stereocenters. The first-order chi connectivity index (χ1) is 10.5. The molecule has 0 aliphatic carbocycles. The van der Waals surface area contributed by atoms with E-state index in [1.165, 1.54) is 12.1 Å². The van der Waals surface area contributed by atoms with Gasteiger partial charge in [0.2, 0.25) is 0 Å². The van der Waals surface area contributed by atoms with Crippen LogP contribution < -0.4 is 5.43 Å². The Morgan fingerprint density at radius 3 is 2.45 bits per heavy atom. The zero-order valence-corrected chi connectivity index (χ0v) is 11.7. The number of hydrogen-bond acceptors (Lipinski definition) is 3. The predicted molar refractivity (Wildman–Crippen MR) is 77.6 cm³/mol. The summed E-state index contributed by atoms with van der Waals surface area (Å²) >= 11 is 0. The molecule has 0 saturated heterocycles. The molecule has 0 bridgehead atoms. The molecule has 1 aliphatic rings. The maximum absolute atomic E-state index is 14.3. The van der Waals surface area contributed by atoms with Gasteiger partial charge in [-0.05, 0) is 30.2 Å². The fraction of sp³-hybridized carbons (Fsp3) is 0.125. The number of benzene rings is 2. The SMILES string of the molecule is Cc1ccc(-c2ccc(C3=NNC(=O)OC3)cc2F)cc1F. The molecular formula is C16H12F2N2O2. The average Bonchev–Trinajstić information content (AvgIpc) is 2.51. The molecule has 112 valence electrons. The van der Waals surface area contributed by atoms with E-state index in [-0.39, 0.29) is 12.4 Å². The first-order valence-corrected chi connectivity index (χ1v) is 6.60. The second-order valence-electron chi connectivity index (χ2n) is 4.91. The van der Waals surface area contributed by atoms with Gasteiger partial charge in [-0.1, -0.05) is 24.3 Å². The Morgan fingerprint density at radius 2 is 1.82 bits per heavy atom. The van der Waals surface area contributed by atoms with Crippen LogP contribution in [-0.4, -0.2) is 18.4 Å². The van der Waals surface area contributed by atoms with Crippen LogP contribution in [0.1, 0.15) is 11.1 Å². The van der Waals surface area contributed by atoms with Crippen molar-refractivity contribution in [3.8, 4) is 11.1 Å². The minimum atomic E-state index is -0.643. The van der Waals surface area contributed by atoms with Gasteiger partial charge >= 0.3 is 6.09 Å². The van der Waals surface area contributed by atoms with E-state index in [4.69, 9.17) is 4.74 Å². The summed E-state index contributed by atoms with van der Waals surface area (Å²) in [5.74, 6) is -0.880. The highest BCUT2D eigenvalue weighted by Crippen LogP contribution is 2.25. The highest BCUT2D eigenvalue weighted by molar-refractivity contribution is 6.03. The fourth-order valence-electron chi connectivity index (χ4n) is 2.15. The van der Waals surface area contributed by atoms with Gasteiger partial charge < -0.3 is 4.74 Å². The van der Waals surface area contributed by atoms with Crippen molar-refractivity contribution in [2.24, 2.45) is 5.10 Å². The van der Waals surface area contributed by atoms with Crippen LogP contribution in [0.25, 0.3) is 11.1 Å². The normalized spacial score (nSPS) is 14.1. The van der Waals surface area contributed by atoms with E-state index in [1.807, 2.05) is 0 Å². The van der Waals surface area contributed by atoms with Crippen LogP contribution >= 0.6 is 0 Å². The zero-order chi connectivity index (χ0) is 15.7. The monoisotopic (exact) mass is 302 g/mol. The molecule has 1 amide bonds. The van der Waals surface area contributed by atoms with Crippen molar-refractivity contribution in [1.82, 2.24) is 5.43 Å². The van der Waals surface area contributed by atoms with Crippen molar-refractivity contribution in [2.45, 2.75) is 6.92 Å². The molecule has 3 rings (SSSR count). The Kier molecular flexibility index (Phi) is 3.58. The van der Waals surface area contributed by atoms with Gasteiger partial charge in [0.25, 0.3) is 0 Å². The first-order valence-electron chi connectivity index (χ1n) is 6.60. The van der Waals surface area contributed by atoms with E-state index in [0.29, 0.717) is 28.0 Å². The van der Waals surface area contributed by atoms with Crippen LogP contribution in [0.5, 0.6) is 0 Å². The molecule has 6 heteroatoms. The summed E-state index contributed by atoms with van der Waals surface area (Å²) in [5.41, 5.74) is 4.34. The van der Waals surface area contributed by atoms with Crippen LogP contribution in [0.15, 0.2) is 41.5 Å². The second kappa shape index (κ2) is 5.55. The van der Waals surface area contributed by atoms with Gasteiger partial charge in [-0.3, -0.25) is 0 Å². The molecule has 0 unspecified atom stereocenters. The lowest BCUT2D eigenvalue weighted by atomic mass is 10.0. The van der Waals surface area contributed by atoms with Gasteiger partial charge in [0, 0.05) is 11.1 Å². The Balaban J connectivity index is 1.95. The average molecular weight is 302 g/mol. The molecule has 4 nitrogen and oxygen atoms in total. The van der Waals surface area contributed by atoms with Crippen LogP contribution in [0, 0.1) is 18.6 Å². The zero-order valence-electron chi connectivity index (χ0n) is 11.7. The Morgan fingerprint density at radius 1 is 1.09 bits per heavy atom. The molecule has 1 heterocycles. The van der Waals surface area contributed by atoms with Crippen LogP contribution in [0.3, 0.4) is 0 Å². The highest BCUT2D eigenvalue weighted by atomic mass is 19.1. The minimum Gasteiger partial charge on any atom is -0.442 e. The number of ether oxygens (including phenoxy) is 1. The molecule has 2 aromatic carbocycles. The minimum absolute atomic E-state index is 0.0240. The third kappa shape index (κ3) is 2.67. The van der Waals surface area contributed by atoms with Crippen molar-refractivity contribution in [1.29, 1.82) is 0 Å². The number of carbonyl (C=O) groups is 1. The number of hydrazone groups is 1. The van der Waals surface area contributed by atoms with E-state index in [9.17, 15) is 13.6 Å². The number of aryl methyl sites for hydroxylation is 1. The summed E-state index contributed by atoms with van der Waals surface area (Å²) < 4.78 is 32.7. The third-order valence-corrected chi connectivity index (χ3v) is 3.41. The predicted octanol–water partition coefficient (Wildman–Crippen LogP) is 3.38. The number of hydrogen-bond donors (Lipinski definition) is 1. The summed E-state index contributed by atoms with van der Waals surface area (Å²) in [6, 6.07) is 9.05. The van der Waals surface area contributed by atoms with E-state index >= 15 is 0 Å². The number of carbonyl (C=O) groups excluding carboxylic acids is 1. The van der Waals surface area contributed by atoms with Gasteiger partial charge in [0.05, 0.1) is 0 Å². The van der Waals surface area contributed by atoms with Crippen molar-refractivity contribution in [2.75, 3.05) is 6.61 Å². The van der Waals surface area contributed by atoms with Crippen molar-refractivity contribution >= 4 is 11.8 Å². The Hall–Kier alpha value is -2.76. The number of nitrogens with zero attached hydrogens (tertiary/aromatic N) is 1. The smallest absolute Gasteiger partial charge is 0.428 e. The van der Waals surface area contributed by atoms with Gasteiger partial charge in [-0.25, -0.2) is 19.0 Å². The molecule has 0 saturated carbocycles. The maximum Gasteiger partial charge on any atom is 0.428 e.